The van der Waals surface area contributed by atoms with Gasteiger partial charge in [-0.05, 0) is 43.3 Å². The molecule has 0 amide bonds. The van der Waals surface area contributed by atoms with Gasteiger partial charge in [0, 0.05) is 31.1 Å². The van der Waals surface area contributed by atoms with E-state index in [-0.39, 0.29) is 0 Å². The van der Waals surface area contributed by atoms with Crippen molar-refractivity contribution >= 4 is 33.0 Å². The van der Waals surface area contributed by atoms with Gasteiger partial charge < -0.3 is 0 Å². The summed E-state index contributed by atoms with van der Waals surface area (Å²) in [4.78, 5) is 2.36. The predicted octanol–water partition coefficient (Wildman–Crippen LogP) is 2.34. The lowest BCUT2D eigenvalue weighted by Gasteiger charge is -2.24. The van der Waals surface area contributed by atoms with Gasteiger partial charge in [-0.3, -0.25) is 4.90 Å². The van der Waals surface area contributed by atoms with Gasteiger partial charge in [0.2, 0.25) is 0 Å². The Morgan fingerprint density at radius 1 is 1.35 bits per heavy atom. The molecule has 2 aliphatic heterocycles. The summed E-state index contributed by atoms with van der Waals surface area (Å²) in [5.74, 6) is 0.361. The Hall–Kier alpha value is -0.140. The Balaban J connectivity index is 1.84. The van der Waals surface area contributed by atoms with E-state index in [2.05, 4.69) is 11.9 Å². The highest BCUT2D eigenvalue weighted by Crippen LogP contribution is 2.32. The first-order chi connectivity index (χ1) is 9.52. The SMILES string of the molecule is CN1C2CCC1CN(S(=O)(=O)c1cc(CCl)cs1)CC2. The lowest BCUT2D eigenvalue weighted by molar-refractivity contribution is 0.247. The van der Waals surface area contributed by atoms with Gasteiger partial charge in [-0.2, -0.15) is 4.31 Å². The number of rotatable bonds is 3. The van der Waals surface area contributed by atoms with Crippen LogP contribution in [0.5, 0.6) is 0 Å². The van der Waals surface area contributed by atoms with E-state index in [9.17, 15) is 8.42 Å². The molecule has 4 nitrogen and oxygen atoms in total. The molecule has 3 heterocycles. The van der Waals surface area contributed by atoms with Crippen LogP contribution in [-0.4, -0.2) is 49.8 Å². The van der Waals surface area contributed by atoms with Crippen LogP contribution in [0.2, 0.25) is 0 Å². The third-order valence-corrected chi connectivity index (χ3v) is 8.13. The molecule has 7 heteroatoms. The summed E-state index contributed by atoms with van der Waals surface area (Å²) in [6, 6.07) is 2.62. The number of alkyl halides is 1. The van der Waals surface area contributed by atoms with Crippen LogP contribution in [0.1, 0.15) is 24.8 Å². The summed E-state index contributed by atoms with van der Waals surface area (Å²) < 4.78 is 27.5. The normalized spacial score (nSPS) is 28.7. The molecule has 0 spiro atoms. The van der Waals surface area contributed by atoms with Crippen LogP contribution in [0.4, 0.5) is 0 Å². The summed E-state index contributed by atoms with van der Waals surface area (Å²) >= 11 is 7.04. The summed E-state index contributed by atoms with van der Waals surface area (Å²) in [6.07, 6.45) is 3.23. The minimum atomic E-state index is -3.35. The molecule has 0 aliphatic carbocycles. The molecule has 0 saturated carbocycles. The van der Waals surface area contributed by atoms with Crippen molar-refractivity contribution in [3.05, 3.63) is 17.0 Å². The number of hydrogen-bond acceptors (Lipinski definition) is 4. The van der Waals surface area contributed by atoms with E-state index < -0.39 is 10.0 Å². The van der Waals surface area contributed by atoms with Crippen LogP contribution in [-0.2, 0) is 15.9 Å². The molecule has 2 atom stereocenters. The molecule has 1 aromatic rings. The lowest BCUT2D eigenvalue weighted by Crippen LogP contribution is -2.39. The van der Waals surface area contributed by atoms with Crippen molar-refractivity contribution < 1.29 is 8.42 Å². The van der Waals surface area contributed by atoms with E-state index in [1.54, 1.807) is 10.4 Å². The van der Waals surface area contributed by atoms with Crippen LogP contribution in [0.15, 0.2) is 15.7 Å². The molecule has 0 radical (unpaired) electrons. The monoisotopic (exact) mass is 334 g/mol. The molecule has 0 aromatic carbocycles. The Labute approximate surface area is 129 Å². The topological polar surface area (TPSA) is 40.6 Å². The minimum absolute atomic E-state index is 0.361. The fraction of sp³-hybridized carbons (Fsp3) is 0.692. The van der Waals surface area contributed by atoms with Crippen molar-refractivity contribution in [2.45, 2.75) is 41.4 Å². The molecule has 2 unspecified atom stereocenters. The highest BCUT2D eigenvalue weighted by molar-refractivity contribution is 7.91. The average molecular weight is 335 g/mol. The average Bonchev–Trinajstić information content (AvgIpc) is 2.95. The fourth-order valence-electron chi connectivity index (χ4n) is 3.18. The highest BCUT2D eigenvalue weighted by Gasteiger charge is 2.38. The Bertz CT molecular complexity index is 587. The first-order valence-electron chi connectivity index (χ1n) is 6.88. The van der Waals surface area contributed by atoms with E-state index in [4.69, 9.17) is 11.6 Å². The van der Waals surface area contributed by atoms with Gasteiger partial charge in [0.1, 0.15) is 4.21 Å². The van der Waals surface area contributed by atoms with Crippen LogP contribution in [0, 0.1) is 0 Å². The van der Waals surface area contributed by atoms with Crippen molar-refractivity contribution in [2.75, 3.05) is 20.1 Å². The summed E-state index contributed by atoms with van der Waals surface area (Å²) in [6.45, 7) is 1.24. The fourth-order valence-corrected chi connectivity index (χ4v) is 6.28. The smallest absolute Gasteiger partial charge is 0.252 e. The number of halogens is 1. The zero-order chi connectivity index (χ0) is 14.3. The van der Waals surface area contributed by atoms with Crippen molar-refractivity contribution in [3.63, 3.8) is 0 Å². The molecule has 2 aliphatic rings. The van der Waals surface area contributed by atoms with E-state index in [1.165, 1.54) is 17.8 Å². The van der Waals surface area contributed by atoms with E-state index in [0.29, 0.717) is 35.3 Å². The lowest BCUT2D eigenvalue weighted by atomic mass is 10.1. The standard InChI is InChI=1S/C13H19ClN2O2S2/c1-15-11-2-3-12(15)8-16(5-4-11)20(17,18)13-6-10(7-14)9-19-13/h6,9,11-12H,2-5,7-8H2,1H3. The van der Waals surface area contributed by atoms with Crippen LogP contribution in [0.25, 0.3) is 0 Å². The predicted molar refractivity (Wildman–Crippen MR) is 81.8 cm³/mol. The molecular weight excluding hydrogens is 316 g/mol. The number of thiophene rings is 1. The Kier molecular flexibility index (Phi) is 4.12. The maximum absolute atomic E-state index is 12.7. The molecular formula is C13H19ClN2O2S2. The van der Waals surface area contributed by atoms with Crippen molar-refractivity contribution in [1.29, 1.82) is 0 Å². The molecule has 20 heavy (non-hydrogen) atoms. The summed E-state index contributed by atoms with van der Waals surface area (Å²) in [5, 5.41) is 1.83. The second kappa shape index (κ2) is 5.57. The maximum atomic E-state index is 12.7. The minimum Gasteiger partial charge on any atom is -0.299 e. The molecule has 112 valence electrons. The molecule has 0 N–H and O–H groups in total. The summed E-state index contributed by atoms with van der Waals surface area (Å²) in [7, 11) is -1.23. The number of sulfonamides is 1. The zero-order valence-electron chi connectivity index (χ0n) is 11.5. The number of nitrogens with zero attached hydrogens (tertiary/aromatic N) is 2. The third kappa shape index (κ3) is 2.52. The number of hydrogen-bond donors (Lipinski definition) is 0. The second-order valence-corrected chi connectivity index (χ2v) is 8.95. The first kappa shape index (κ1) is 14.8. The van der Waals surface area contributed by atoms with Gasteiger partial charge in [0.05, 0.1) is 0 Å². The van der Waals surface area contributed by atoms with Gasteiger partial charge >= 0.3 is 0 Å². The van der Waals surface area contributed by atoms with E-state index in [1.807, 2.05) is 5.38 Å². The van der Waals surface area contributed by atoms with Gasteiger partial charge in [0.15, 0.2) is 0 Å². The Morgan fingerprint density at radius 2 is 2.10 bits per heavy atom. The Morgan fingerprint density at radius 3 is 2.80 bits per heavy atom. The largest absolute Gasteiger partial charge is 0.299 e. The quantitative estimate of drug-likeness (QED) is 0.797. The van der Waals surface area contributed by atoms with Crippen molar-refractivity contribution in [1.82, 2.24) is 9.21 Å². The summed E-state index contributed by atoms with van der Waals surface area (Å²) in [5.41, 5.74) is 0.878. The zero-order valence-corrected chi connectivity index (χ0v) is 13.8. The van der Waals surface area contributed by atoms with E-state index in [0.717, 1.165) is 18.4 Å². The highest BCUT2D eigenvalue weighted by atomic mass is 35.5. The molecule has 3 rings (SSSR count). The van der Waals surface area contributed by atoms with Crippen molar-refractivity contribution in [3.8, 4) is 0 Å². The number of fused-ring (bicyclic) bond motifs is 2. The molecule has 1 aromatic heterocycles. The molecule has 2 bridgehead atoms. The van der Waals surface area contributed by atoms with Crippen LogP contribution < -0.4 is 0 Å². The van der Waals surface area contributed by atoms with Gasteiger partial charge in [-0.15, -0.1) is 22.9 Å². The third-order valence-electron chi connectivity index (χ3n) is 4.49. The molecule has 2 fully saturated rings. The maximum Gasteiger partial charge on any atom is 0.252 e. The van der Waals surface area contributed by atoms with Gasteiger partial charge in [-0.1, -0.05) is 0 Å². The van der Waals surface area contributed by atoms with Crippen LogP contribution in [0.3, 0.4) is 0 Å². The number of likely N-dealkylation sites (N-methyl/N-ethyl adjacent to an activating group) is 1. The van der Waals surface area contributed by atoms with E-state index >= 15 is 0 Å². The first-order valence-corrected chi connectivity index (χ1v) is 9.73. The van der Waals surface area contributed by atoms with Crippen molar-refractivity contribution in [2.24, 2.45) is 0 Å². The second-order valence-electron chi connectivity index (χ2n) is 5.61. The van der Waals surface area contributed by atoms with Crippen LogP contribution >= 0.6 is 22.9 Å². The van der Waals surface area contributed by atoms with Gasteiger partial charge in [0.25, 0.3) is 10.0 Å². The van der Waals surface area contributed by atoms with Gasteiger partial charge in [-0.25, -0.2) is 8.42 Å². The molecule has 2 saturated heterocycles.